The van der Waals surface area contributed by atoms with Gasteiger partial charge in [0.25, 0.3) is 5.56 Å². The van der Waals surface area contributed by atoms with Gasteiger partial charge in [0.05, 0.1) is 12.9 Å². The minimum atomic E-state index is -0.388. The third kappa shape index (κ3) is 4.29. The van der Waals surface area contributed by atoms with Gasteiger partial charge >= 0.3 is 0 Å². The molecule has 30 heavy (non-hydrogen) atoms. The van der Waals surface area contributed by atoms with E-state index in [9.17, 15) is 14.0 Å². The molecule has 0 saturated carbocycles. The van der Waals surface area contributed by atoms with Crippen molar-refractivity contribution in [3.63, 3.8) is 0 Å². The van der Waals surface area contributed by atoms with Crippen molar-refractivity contribution in [2.75, 3.05) is 13.2 Å². The number of benzene rings is 1. The fourth-order valence-electron chi connectivity index (χ4n) is 2.71. The lowest BCUT2D eigenvalue weighted by Crippen LogP contribution is -2.34. The molecule has 0 saturated heterocycles. The van der Waals surface area contributed by atoms with Crippen molar-refractivity contribution in [3.05, 3.63) is 71.2 Å². The van der Waals surface area contributed by atoms with Crippen LogP contribution in [0, 0.1) is 5.82 Å². The van der Waals surface area contributed by atoms with Crippen molar-refractivity contribution >= 4 is 11.6 Å². The molecule has 3 aromatic heterocycles. The van der Waals surface area contributed by atoms with Crippen LogP contribution in [0.25, 0.3) is 17.0 Å². The summed E-state index contributed by atoms with van der Waals surface area (Å²) >= 11 is 0. The standard InChI is InChI=1S/C19H16FN7O3/c20-14-3-1-2-13(10-14)19-24-23-15-4-5-17(25-27(15)19)30-9-8-22-16(28)11-26-12-21-7-6-18(26)29/h1-7,10,12H,8-9,11H2,(H,22,28). The number of hydrogen-bond donors (Lipinski definition) is 1. The van der Waals surface area contributed by atoms with Crippen molar-refractivity contribution in [3.8, 4) is 17.3 Å². The molecule has 152 valence electrons. The first-order valence-electron chi connectivity index (χ1n) is 8.98. The van der Waals surface area contributed by atoms with Crippen LogP contribution in [-0.4, -0.2) is 48.4 Å². The molecule has 0 bridgehead atoms. The van der Waals surface area contributed by atoms with Crippen LogP contribution in [0.5, 0.6) is 5.88 Å². The van der Waals surface area contributed by atoms with E-state index in [0.717, 1.165) is 0 Å². The number of nitrogens with zero attached hydrogens (tertiary/aromatic N) is 6. The normalized spacial score (nSPS) is 10.8. The molecule has 0 aliphatic heterocycles. The number of nitrogens with one attached hydrogen (secondary N) is 1. The molecule has 0 atom stereocenters. The van der Waals surface area contributed by atoms with Gasteiger partial charge in [0.15, 0.2) is 11.5 Å². The van der Waals surface area contributed by atoms with Gasteiger partial charge in [0.1, 0.15) is 19.0 Å². The van der Waals surface area contributed by atoms with E-state index in [1.807, 2.05) is 0 Å². The summed E-state index contributed by atoms with van der Waals surface area (Å²) in [6, 6.07) is 10.5. The predicted molar refractivity (Wildman–Crippen MR) is 103 cm³/mol. The number of hydrogen-bond acceptors (Lipinski definition) is 7. The summed E-state index contributed by atoms with van der Waals surface area (Å²) in [7, 11) is 0. The highest BCUT2D eigenvalue weighted by atomic mass is 19.1. The van der Waals surface area contributed by atoms with Crippen LogP contribution in [0.15, 0.2) is 59.8 Å². The van der Waals surface area contributed by atoms with E-state index in [4.69, 9.17) is 4.74 Å². The third-order valence-corrected chi connectivity index (χ3v) is 4.10. The first-order valence-corrected chi connectivity index (χ1v) is 8.98. The highest BCUT2D eigenvalue weighted by molar-refractivity contribution is 5.75. The smallest absolute Gasteiger partial charge is 0.253 e. The first-order chi connectivity index (χ1) is 14.6. The molecular weight excluding hydrogens is 393 g/mol. The van der Waals surface area contributed by atoms with E-state index in [2.05, 4.69) is 25.6 Å². The summed E-state index contributed by atoms with van der Waals surface area (Å²) in [5.41, 5.74) is 0.707. The largest absolute Gasteiger partial charge is 0.475 e. The fraction of sp³-hybridized carbons (Fsp3) is 0.158. The highest BCUT2D eigenvalue weighted by Crippen LogP contribution is 2.19. The Labute approximate surface area is 169 Å². The van der Waals surface area contributed by atoms with E-state index in [1.165, 1.54) is 39.8 Å². The maximum atomic E-state index is 13.5. The lowest BCUT2D eigenvalue weighted by atomic mass is 10.2. The minimum Gasteiger partial charge on any atom is -0.475 e. The van der Waals surface area contributed by atoms with E-state index >= 15 is 0 Å². The monoisotopic (exact) mass is 409 g/mol. The molecule has 10 nitrogen and oxygen atoms in total. The number of carbonyl (C=O) groups excluding carboxylic acids is 1. The number of halogens is 1. The maximum absolute atomic E-state index is 13.5. The van der Waals surface area contributed by atoms with Gasteiger partial charge in [0.2, 0.25) is 11.8 Å². The Balaban J connectivity index is 1.36. The molecule has 4 aromatic rings. The number of fused-ring (bicyclic) bond motifs is 1. The van der Waals surface area contributed by atoms with Crippen molar-refractivity contribution in [1.82, 2.24) is 34.7 Å². The van der Waals surface area contributed by atoms with Crippen LogP contribution in [-0.2, 0) is 11.3 Å². The van der Waals surface area contributed by atoms with Crippen LogP contribution < -0.4 is 15.6 Å². The van der Waals surface area contributed by atoms with Crippen LogP contribution in [0.3, 0.4) is 0 Å². The fourth-order valence-corrected chi connectivity index (χ4v) is 2.71. The average Bonchev–Trinajstić information content (AvgIpc) is 3.16. The molecule has 0 radical (unpaired) electrons. The van der Waals surface area contributed by atoms with Gasteiger partial charge in [-0.2, -0.15) is 4.52 Å². The summed E-state index contributed by atoms with van der Waals surface area (Å²) in [6.45, 7) is 0.241. The average molecular weight is 409 g/mol. The molecule has 0 unspecified atom stereocenters. The molecule has 0 aliphatic rings. The Morgan fingerprint density at radius 2 is 2.07 bits per heavy atom. The Kier molecular flexibility index (Phi) is 5.42. The van der Waals surface area contributed by atoms with Crippen molar-refractivity contribution < 1.29 is 13.9 Å². The quantitative estimate of drug-likeness (QED) is 0.446. The first kappa shape index (κ1) is 19.2. The second kappa shape index (κ2) is 8.47. The number of aromatic nitrogens is 6. The minimum absolute atomic E-state index is 0.130. The topological polar surface area (TPSA) is 116 Å². The molecule has 0 fully saturated rings. The SMILES string of the molecule is O=C(Cn1cnccc1=O)NCCOc1ccc2nnc(-c3cccc(F)c3)n2n1. The van der Waals surface area contributed by atoms with Crippen molar-refractivity contribution in [1.29, 1.82) is 0 Å². The molecule has 3 heterocycles. The number of amides is 1. The second-order valence-electron chi connectivity index (χ2n) is 6.22. The zero-order valence-corrected chi connectivity index (χ0v) is 15.6. The Hall–Kier alpha value is -4.15. The number of ether oxygens (including phenoxy) is 1. The van der Waals surface area contributed by atoms with Crippen LogP contribution in [0.4, 0.5) is 4.39 Å². The maximum Gasteiger partial charge on any atom is 0.253 e. The Morgan fingerprint density at radius 3 is 2.90 bits per heavy atom. The summed E-state index contributed by atoms with van der Waals surface area (Å²) in [5, 5.41) is 15.0. The van der Waals surface area contributed by atoms with Crippen LogP contribution in [0.1, 0.15) is 0 Å². The molecule has 1 aromatic carbocycles. The lowest BCUT2D eigenvalue weighted by Gasteiger charge is -2.08. The third-order valence-electron chi connectivity index (χ3n) is 4.10. The Morgan fingerprint density at radius 1 is 1.17 bits per heavy atom. The van der Waals surface area contributed by atoms with Gasteiger partial charge in [-0.05, 0) is 18.2 Å². The highest BCUT2D eigenvalue weighted by Gasteiger charge is 2.11. The molecule has 4 rings (SSSR count). The van der Waals surface area contributed by atoms with Gasteiger partial charge in [-0.25, -0.2) is 9.37 Å². The summed E-state index contributed by atoms with van der Waals surface area (Å²) in [6.07, 6.45) is 2.66. The van der Waals surface area contributed by atoms with E-state index < -0.39 is 0 Å². The second-order valence-corrected chi connectivity index (χ2v) is 6.22. The lowest BCUT2D eigenvalue weighted by molar-refractivity contribution is -0.121. The van der Waals surface area contributed by atoms with Gasteiger partial charge in [-0.3, -0.25) is 14.2 Å². The molecule has 1 amide bonds. The molecule has 11 heteroatoms. The van der Waals surface area contributed by atoms with Crippen LogP contribution in [0.2, 0.25) is 0 Å². The van der Waals surface area contributed by atoms with Gasteiger partial charge < -0.3 is 10.1 Å². The summed E-state index contributed by atoms with van der Waals surface area (Å²) in [5.74, 6) is -0.0619. The van der Waals surface area contributed by atoms with Gasteiger partial charge in [-0.15, -0.1) is 15.3 Å². The van der Waals surface area contributed by atoms with E-state index in [-0.39, 0.29) is 42.9 Å². The van der Waals surface area contributed by atoms with E-state index in [0.29, 0.717) is 17.0 Å². The van der Waals surface area contributed by atoms with E-state index in [1.54, 1.807) is 24.3 Å². The summed E-state index contributed by atoms with van der Waals surface area (Å²) < 4.78 is 21.7. The molecule has 0 spiro atoms. The van der Waals surface area contributed by atoms with Gasteiger partial charge in [-0.1, -0.05) is 12.1 Å². The summed E-state index contributed by atoms with van der Waals surface area (Å²) in [4.78, 5) is 27.3. The number of rotatable bonds is 7. The Bertz CT molecular complexity index is 1250. The van der Waals surface area contributed by atoms with Crippen molar-refractivity contribution in [2.24, 2.45) is 0 Å². The molecule has 1 N–H and O–H groups in total. The van der Waals surface area contributed by atoms with Gasteiger partial charge in [0, 0.05) is 23.9 Å². The molecule has 0 aliphatic carbocycles. The predicted octanol–water partition coefficient (Wildman–Crippen LogP) is 0.682. The zero-order valence-electron chi connectivity index (χ0n) is 15.6. The molecular formula is C19H16FN7O3. The zero-order chi connectivity index (χ0) is 20.9. The number of carbonyl (C=O) groups is 1. The van der Waals surface area contributed by atoms with Crippen LogP contribution >= 0.6 is 0 Å². The van der Waals surface area contributed by atoms with Crippen molar-refractivity contribution in [2.45, 2.75) is 6.54 Å².